The van der Waals surface area contributed by atoms with Crippen molar-refractivity contribution in [3.63, 3.8) is 0 Å². The first-order valence-electron chi connectivity index (χ1n) is 18.7. The highest BCUT2D eigenvalue weighted by Gasteiger charge is 2.21. The van der Waals surface area contributed by atoms with Gasteiger partial charge in [0.15, 0.2) is 17.5 Å². The molecule has 5 heteroatoms. The summed E-state index contributed by atoms with van der Waals surface area (Å²) in [5, 5.41) is 4.11. The van der Waals surface area contributed by atoms with E-state index in [4.69, 9.17) is 23.8 Å². The third-order valence-corrected chi connectivity index (χ3v) is 10.6. The molecule has 0 radical (unpaired) electrons. The summed E-state index contributed by atoms with van der Waals surface area (Å²) in [6.07, 6.45) is 0. The molecule has 0 saturated carbocycles. The maximum Gasteiger partial charge on any atom is 0.164 e. The summed E-state index contributed by atoms with van der Waals surface area (Å²) in [5.41, 5.74) is 12.5. The first kappa shape index (κ1) is 31.9. The predicted octanol–water partition coefficient (Wildman–Crippen LogP) is 13.7. The zero-order valence-electron chi connectivity index (χ0n) is 30.1. The number of rotatable bonds is 6. The summed E-state index contributed by atoms with van der Waals surface area (Å²) in [5.74, 6) is 1.81. The van der Waals surface area contributed by atoms with Crippen molar-refractivity contribution in [2.45, 2.75) is 0 Å². The molecule has 0 unspecified atom stereocenters. The second-order valence-corrected chi connectivity index (χ2v) is 13.9. The first-order valence-corrected chi connectivity index (χ1v) is 18.7. The fourth-order valence-electron chi connectivity index (χ4n) is 7.90. The molecule has 11 aromatic rings. The van der Waals surface area contributed by atoms with Crippen LogP contribution in [0.1, 0.15) is 0 Å². The molecule has 0 spiro atoms. The van der Waals surface area contributed by atoms with Crippen LogP contribution in [-0.2, 0) is 0 Å². The molecule has 11 rings (SSSR count). The lowest BCUT2D eigenvalue weighted by atomic mass is 9.92. The van der Waals surface area contributed by atoms with Gasteiger partial charge in [-0.1, -0.05) is 164 Å². The van der Waals surface area contributed by atoms with Gasteiger partial charge in [-0.2, -0.15) is 0 Å². The second kappa shape index (κ2) is 13.0. The molecular formula is C51H31N3O2. The van der Waals surface area contributed by atoms with Crippen LogP contribution < -0.4 is 0 Å². The fraction of sp³-hybridized carbons (Fsp3) is 0. The number of para-hydroxylation sites is 2. The average molecular weight is 718 g/mol. The van der Waals surface area contributed by atoms with Crippen LogP contribution in [0, 0.1) is 0 Å². The molecule has 3 aromatic heterocycles. The fourth-order valence-corrected chi connectivity index (χ4v) is 7.90. The maximum atomic E-state index is 6.81. The standard InChI is InChI=1S/C51H31N3O2/c1-4-14-32(15-5-1)33-26-28-34(29-27-33)42-30-37(31-45-46(42)39-20-10-11-24-43(39)55-45)38-21-12-22-40-47-41(23-13-25-44(47)56-48(38)40)51-53-49(35-16-6-2-7-17-35)52-50(54-51)36-18-8-3-9-19-36/h1-31H. The Labute approximate surface area is 322 Å². The molecule has 3 heterocycles. The minimum Gasteiger partial charge on any atom is -0.456 e. The largest absolute Gasteiger partial charge is 0.456 e. The first-order chi connectivity index (χ1) is 27.7. The van der Waals surface area contributed by atoms with E-state index in [0.29, 0.717) is 17.5 Å². The van der Waals surface area contributed by atoms with Gasteiger partial charge in [-0.05, 0) is 52.1 Å². The van der Waals surface area contributed by atoms with E-state index < -0.39 is 0 Å². The average Bonchev–Trinajstić information content (AvgIpc) is 3.86. The monoisotopic (exact) mass is 717 g/mol. The van der Waals surface area contributed by atoms with Gasteiger partial charge < -0.3 is 8.83 Å². The molecule has 0 aliphatic heterocycles. The number of hydrogen-bond acceptors (Lipinski definition) is 5. The molecule has 262 valence electrons. The lowest BCUT2D eigenvalue weighted by molar-refractivity contribution is 0.668. The smallest absolute Gasteiger partial charge is 0.164 e. The summed E-state index contributed by atoms with van der Waals surface area (Å²) >= 11 is 0. The van der Waals surface area contributed by atoms with E-state index >= 15 is 0 Å². The van der Waals surface area contributed by atoms with Crippen LogP contribution in [-0.4, -0.2) is 15.0 Å². The molecule has 0 N–H and O–H groups in total. The second-order valence-electron chi connectivity index (χ2n) is 13.9. The van der Waals surface area contributed by atoms with Gasteiger partial charge in [0.05, 0.1) is 0 Å². The molecule has 0 amide bonds. The van der Waals surface area contributed by atoms with E-state index in [1.165, 1.54) is 11.1 Å². The Bertz CT molecular complexity index is 3170. The number of nitrogens with zero attached hydrogens (tertiary/aromatic N) is 3. The van der Waals surface area contributed by atoms with Crippen LogP contribution in [0.3, 0.4) is 0 Å². The summed E-state index contributed by atoms with van der Waals surface area (Å²) in [4.78, 5) is 15.1. The molecule has 8 aromatic carbocycles. The van der Waals surface area contributed by atoms with Crippen LogP contribution in [0.15, 0.2) is 197 Å². The Morgan fingerprint density at radius 2 is 0.804 bits per heavy atom. The van der Waals surface area contributed by atoms with Crippen molar-refractivity contribution in [1.29, 1.82) is 0 Å². The highest BCUT2D eigenvalue weighted by molar-refractivity contribution is 6.17. The molecule has 0 saturated heterocycles. The molecule has 5 nitrogen and oxygen atoms in total. The van der Waals surface area contributed by atoms with Crippen LogP contribution >= 0.6 is 0 Å². The van der Waals surface area contributed by atoms with Gasteiger partial charge in [0, 0.05) is 43.8 Å². The Kier molecular flexibility index (Phi) is 7.42. The molecule has 0 aliphatic carbocycles. The topological polar surface area (TPSA) is 65.0 Å². The number of hydrogen-bond donors (Lipinski definition) is 0. The van der Waals surface area contributed by atoms with Gasteiger partial charge in [-0.15, -0.1) is 0 Å². The Morgan fingerprint density at radius 3 is 1.52 bits per heavy atom. The van der Waals surface area contributed by atoms with E-state index in [1.54, 1.807) is 0 Å². The number of furan rings is 2. The van der Waals surface area contributed by atoms with E-state index in [1.807, 2.05) is 91.0 Å². The molecular weight excluding hydrogens is 687 g/mol. The van der Waals surface area contributed by atoms with Crippen molar-refractivity contribution in [2.24, 2.45) is 0 Å². The van der Waals surface area contributed by atoms with E-state index in [2.05, 4.69) is 97.1 Å². The summed E-state index contributed by atoms with van der Waals surface area (Å²) in [7, 11) is 0. The van der Waals surface area contributed by atoms with Gasteiger partial charge in [0.1, 0.15) is 22.3 Å². The Morgan fingerprint density at radius 1 is 0.286 bits per heavy atom. The van der Waals surface area contributed by atoms with Crippen LogP contribution in [0.2, 0.25) is 0 Å². The van der Waals surface area contributed by atoms with Crippen molar-refractivity contribution in [3.05, 3.63) is 188 Å². The van der Waals surface area contributed by atoms with Gasteiger partial charge in [0.2, 0.25) is 0 Å². The third kappa shape index (κ3) is 5.37. The van der Waals surface area contributed by atoms with Crippen molar-refractivity contribution in [3.8, 4) is 67.5 Å². The van der Waals surface area contributed by atoms with E-state index in [9.17, 15) is 0 Å². The van der Waals surface area contributed by atoms with Crippen LogP contribution in [0.5, 0.6) is 0 Å². The highest BCUT2D eigenvalue weighted by Crippen LogP contribution is 2.44. The van der Waals surface area contributed by atoms with E-state index in [0.717, 1.165) is 82.8 Å². The van der Waals surface area contributed by atoms with Gasteiger partial charge in [-0.25, -0.2) is 15.0 Å². The van der Waals surface area contributed by atoms with Gasteiger partial charge in [0.25, 0.3) is 0 Å². The Hall–Kier alpha value is -7.63. The van der Waals surface area contributed by atoms with Crippen molar-refractivity contribution in [1.82, 2.24) is 15.0 Å². The molecule has 0 aliphatic rings. The minimum absolute atomic E-state index is 0.585. The Balaban J connectivity index is 1.11. The number of benzene rings is 8. The zero-order valence-corrected chi connectivity index (χ0v) is 30.1. The normalized spacial score (nSPS) is 11.6. The molecule has 0 fully saturated rings. The predicted molar refractivity (Wildman–Crippen MR) is 227 cm³/mol. The van der Waals surface area contributed by atoms with Crippen molar-refractivity contribution in [2.75, 3.05) is 0 Å². The van der Waals surface area contributed by atoms with Crippen molar-refractivity contribution < 1.29 is 8.83 Å². The number of aromatic nitrogens is 3. The SMILES string of the molecule is c1ccc(-c2ccc(-c3cc(-c4cccc5c4oc4cccc(-c6nc(-c7ccccc7)nc(-c7ccccc7)n6)c45)cc4oc5ccccc5c34)cc2)cc1. The van der Waals surface area contributed by atoms with Crippen LogP contribution in [0.25, 0.3) is 111 Å². The summed E-state index contributed by atoms with van der Waals surface area (Å²) in [6.45, 7) is 0. The van der Waals surface area contributed by atoms with Crippen LogP contribution in [0.4, 0.5) is 0 Å². The summed E-state index contributed by atoms with van der Waals surface area (Å²) in [6, 6.07) is 64.5. The zero-order chi connectivity index (χ0) is 37.0. The van der Waals surface area contributed by atoms with Gasteiger partial charge in [-0.3, -0.25) is 0 Å². The van der Waals surface area contributed by atoms with E-state index in [-0.39, 0.29) is 0 Å². The quantitative estimate of drug-likeness (QED) is 0.171. The summed E-state index contributed by atoms with van der Waals surface area (Å²) < 4.78 is 13.4. The lowest BCUT2D eigenvalue weighted by Gasteiger charge is -2.10. The minimum atomic E-state index is 0.585. The molecule has 56 heavy (non-hydrogen) atoms. The maximum absolute atomic E-state index is 6.81. The van der Waals surface area contributed by atoms with Crippen molar-refractivity contribution >= 4 is 43.9 Å². The highest BCUT2D eigenvalue weighted by atomic mass is 16.3. The molecule has 0 atom stereocenters. The third-order valence-electron chi connectivity index (χ3n) is 10.6. The molecule has 0 bridgehead atoms. The lowest BCUT2D eigenvalue weighted by Crippen LogP contribution is -2.00. The van der Waals surface area contributed by atoms with Gasteiger partial charge >= 0.3 is 0 Å². The number of fused-ring (bicyclic) bond motifs is 6.